The summed E-state index contributed by atoms with van der Waals surface area (Å²) in [5, 5.41) is 9.63. The Balaban J connectivity index is 1.99. The van der Waals surface area contributed by atoms with Gasteiger partial charge in [-0.3, -0.25) is 14.4 Å². The van der Waals surface area contributed by atoms with E-state index >= 15 is 0 Å². The van der Waals surface area contributed by atoms with E-state index in [0.717, 1.165) is 24.8 Å². The molecular weight excluding hydrogens is 374 g/mol. The van der Waals surface area contributed by atoms with Gasteiger partial charge in [0.05, 0.1) is 9.88 Å². The van der Waals surface area contributed by atoms with E-state index in [1.807, 2.05) is 47.6 Å². The van der Waals surface area contributed by atoms with Gasteiger partial charge in [-0.05, 0) is 51.7 Å². The Labute approximate surface area is 171 Å². The van der Waals surface area contributed by atoms with Gasteiger partial charge in [0, 0.05) is 23.4 Å². The number of rotatable bonds is 5. The molecule has 0 aliphatic heterocycles. The third-order valence-electron chi connectivity index (χ3n) is 4.85. The first-order valence-electron chi connectivity index (χ1n) is 10.0. The van der Waals surface area contributed by atoms with Gasteiger partial charge in [0.1, 0.15) is 0 Å². The third kappa shape index (κ3) is 6.06. The van der Waals surface area contributed by atoms with Crippen LogP contribution in [-0.2, 0) is 9.59 Å². The molecule has 156 valence electrons. The maximum Gasteiger partial charge on any atom is 0.261 e. The number of thiophene rings is 1. The second kappa shape index (κ2) is 9.07. The van der Waals surface area contributed by atoms with Crippen molar-refractivity contribution < 1.29 is 14.4 Å². The van der Waals surface area contributed by atoms with Crippen molar-refractivity contribution in [2.75, 3.05) is 5.32 Å². The van der Waals surface area contributed by atoms with Crippen molar-refractivity contribution in [2.45, 2.75) is 79.3 Å². The van der Waals surface area contributed by atoms with Crippen molar-refractivity contribution in [3.05, 3.63) is 16.5 Å². The molecule has 1 heterocycles. The predicted octanol–water partition coefficient (Wildman–Crippen LogP) is 3.85. The lowest BCUT2D eigenvalue weighted by atomic mass is 9.85. The van der Waals surface area contributed by atoms with Crippen molar-refractivity contribution >= 4 is 34.1 Å². The van der Waals surface area contributed by atoms with E-state index in [1.54, 1.807) is 0 Å². The number of hydrogen-bond donors (Lipinski definition) is 3. The molecule has 28 heavy (non-hydrogen) atoms. The van der Waals surface area contributed by atoms with Crippen molar-refractivity contribution in [3.8, 4) is 0 Å². The lowest BCUT2D eigenvalue weighted by Gasteiger charge is -2.29. The summed E-state index contributed by atoms with van der Waals surface area (Å²) in [6, 6.07) is 1.96. The summed E-state index contributed by atoms with van der Waals surface area (Å²) in [4.78, 5) is 37.8. The third-order valence-corrected chi connectivity index (χ3v) is 6.00. The Hall–Kier alpha value is -1.89. The summed E-state index contributed by atoms with van der Waals surface area (Å²) in [7, 11) is 0. The molecule has 1 aromatic heterocycles. The minimum atomic E-state index is -0.492. The predicted molar refractivity (Wildman–Crippen MR) is 114 cm³/mol. The first kappa shape index (κ1) is 22.4. The van der Waals surface area contributed by atoms with Gasteiger partial charge in [-0.2, -0.15) is 0 Å². The zero-order chi connectivity index (χ0) is 21.1. The summed E-state index contributed by atoms with van der Waals surface area (Å²) in [5.41, 5.74) is 0.352. The Bertz CT molecular complexity index is 734. The molecule has 2 unspecified atom stereocenters. The van der Waals surface area contributed by atoms with Crippen LogP contribution in [0.5, 0.6) is 0 Å². The average Bonchev–Trinajstić information content (AvgIpc) is 2.94. The molecule has 1 aromatic rings. The largest absolute Gasteiger partial charge is 0.354 e. The molecule has 2 atom stereocenters. The normalized spacial score (nSPS) is 20.0. The van der Waals surface area contributed by atoms with Gasteiger partial charge in [0.25, 0.3) is 5.91 Å². The van der Waals surface area contributed by atoms with E-state index in [9.17, 15) is 14.4 Å². The highest BCUT2D eigenvalue weighted by Crippen LogP contribution is 2.30. The summed E-state index contributed by atoms with van der Waals surface area (Å²) in [6.07, 6.45) is 3.35. The summed E-state index contributed by atoms with van der Waals surface area (Å²) < 4.78 is 0. The van der Waals surface area contributed by atoms with Crippen LogP contribution < -0.4 is 16.0 Å². The van der Waals surface area contributed by atoms with Crippen molar-refractivity contribution in [1.29, 1.82) is 0 Å². The first-order valence-corrected chi connectivity index (χ1v) is 10.8. The molecular formula is C21H33N3O3S. The van der Waals surface area contributed by atoms with E-state index in [-0.39, 0.29) is 35.7 Å². The molecule has 1 aliphatic carbocycles. The van der Waals surface area contributed by atoms with E-state index in [1.165, 1.54) is 11.3 Å². The lowest BCUT2D eigenvalue weighted by Crippen LogP contribution is -2.43. The van der Waals surface area contributed by atoms with Crippen LogP contribution >= 0.6 is 11.3 Å². The van der Waals surface area contributed by atoms with E-state index in [2.05, 4.69) is 16.0 Å². The van der Waals surface area contributed by atoms with Gasteiger partial charge in [-0.15, -0.1) is 11.3 Å². The summed E-state index contributed by atoms with van der Waals surface area (Å²) in [5.74, 6) is -0.179. The number of nitrogens with one attached hydrogen (secondary N) is 3. The smallest absolute Gasteiger partial charge is 0.261 e. The topological polar surface area (TPSA) is 87.3 Å². The highest BCUT2D eigenvalue weighted by atomic mass is 32.1. The van der Waals surface area contributed by atoms with Crippen molar-refractivity contribution in [1.82, 2.24) is 10.6 Å². The van der Waals surface area contributed by atoms with Crippen LogP contribution in [0.15, 0.2) is 6.07 Å². The number of carbonyl (C=O) groups excluding carboxylic acids is 3. The molecule has 0 aromatic carbocycles. The Morgan fingerprint density at radius 3 is 2.46 bits per heavy atom. The van der Waals surface area contributed by atoms with Crippen LogP contribution in [0.25, 0.3) is 0 Å². The fraction of sp³-hybridized carbons (Fsp3) is 0.667. The van der Waals surface area contributed by atoms with Crippen LogP contribution in [0.2, 0.25) is 0 Å². The minimum absolute atomic E-state index is 0.00159. The van der Waals surface area contributed by atoms with Gasteiger partial charge in [-0.25, -0.2) is 0 Å². The van der Waals surface area contributed by atoms with E-state index in [4.69, 9.17) is 0 Å². The molecule has 3 N–H and O–H groups in total. The maximum absolute atomic E-state index is 12.8. The fourth-order valence-corrected chi connectivity index (χ4v) is 4.25. The average molecular weight is 408 g/mol. The minimum Gasteiger partial charge on any atom is -0.354 e. The van der Waals surface area contributed by atoms with Crippen LogP contribution in [0.1, 0.15) is 75.5 Å². The van der Waals surface area contributed by atoms with Gasteiger partial charge in [0.15, 0.2) is 0 Å². The van der Waals surface area contributed by atoms with Gasteiger partial charge >= 0.3 is 0 Å². The molecule has 2 rings (SSSR count). The second-order valence-electron chi connectivity index (χ2n) is 9.02. The number of amides is 3. The van der Waals surface area contributed by atoms with E-state index in [0.29, 0.717) is 16.3 Å². The van der Waals surface area contributed by atoms with E-state index < -0.39 is 5.41 Å². The van der Waals surface area contributed by atoms with Gasteiger partial charge < -0.3 is 16.0 Å². The number of carbonyl (C=O) groups is 3. The molecule has 0 radical (unpaired) electrons. The highest BCUT2D eigenvalue weighted by molar-refractivity contribution is 7.18. The Kier molecular flexibility index (Phi) is 7.26. The van der Waals surface area contributed by atoms with Crippen molar-refractivity contribution in [3.63, 3.8) is 0 Å². The van der Waals surface area contributed by atoms with Crippen LogP contribution in [0, 0.1) is 18.3 Å². The second-order valence-corrected chi connectivity index (χ2v) is 10.1. The van der Waals surface area contributed by atoms with Crippen LogP contribution in [0.4, 0.5) is 5.00 Å². The number of anilines is 1. The van der Waals surface area contributed by atoms with Crippen LogP contribution in [-0.4, -0.2) is 29.8 Å². The standard InChI is InChI=1S/C21H33N3O3S/c1-12(2)22-18(25)14-8-7-9-15(11-14)23-19(26)17-13(3)10-16(28-17)24-20(27)21(4,5)6/h10,12,14-15H,7-9,11H2,1-6H3,(H,22,25)(H,23,26)(H,24,27). The molecule has 3 amide bonds. The summed E-state index contributed by atoms with van der Waals surface area (Å²) >= 11 is 1.29. The number of hydrogen-bond acceptors (Lipinski definition) is 4. The molecule has 0 saturated heterocycles. The molecule has 1 aliphatic rings. The van der Waals surface area contributed by atoms with Gasteiger partial charge in [0.2, 0.25) is 11.8 Å². The quantitative estimate of drug-likeness (QED) is 0.693. The Morgan fingerprint density at radius 1 is 1.18 bits per heavy atom. The molecule has 0 bridgehead atoms. The van der Waals surface area contributed by atoms with Gasteiger partial charge in [-0.1, -0.05) is 27.2 Å². The molecule has 1 fully saturated rings. The first-order chi connectivity index (χ1) is 13.0. The summed E-state index contributed by atoms with van der Waals surface area (Å²) in [6.45, 7) is 11.3. The molecule has 6 nitrogen and oxygen atoms in total. The molecule has 7 heteroatoms. The maximum atomic E-state index is 12.8. The zero-order valence-electron chi connectivity index (χ0n) is 17.8. The lowest BCUT2D eigenvalue weighted by molar-refractivity contribution is -0.126. The van der Waals surface area contributed by atoms with Crippen molar-refractivity contribution in [2.24, 2.45) is 11.3 Å². The fourth-order valence-electron chi connectivity index (χ4n) is 3.28. The monoisotopic (exact) mass is 407 g/mol. The molecule has 0 spiro atoms. The highest BCUT2D eigenvalue weighted by Gasteiger charge is 2.29. The zero-order valence-corrected chi connectivity index (χ0v) is 18.6. The number of aryl methyl sites for hydroxylation is 1. The Morgan fingerprint density at radius 2 is 1.86 bits per heavy atom. The molecule has 1 saturated carbocycles. The SMILES string of the molecule is Cc1cc(NC(=O)C(C)(C)C)sc1C(=O)NC1CCCC(C(=O)NC(C)C)C1. The van der Waals surface area contributed by atoms with Crippen LogP contribution in [0.3, 0.4) is 0 Å².